The molecule has 114 valence electrons. The Bertz CT molecular complexity index is 470. The molecule has 3 rings (SSSR count). The zero-order valence-electron chi connectivity index (χ0n) is 12.8. The van der Waals surface area contributed by atoms with Crippen molar-refractivity contribution in [2.24, 2.45) is 5.92 Å². The quantitative estimate of drug-likeness (QED) is 0.813. The summed E-state index contributed by atoms with van der Waals surface area (Å²) in [5, 5.41) is 3.63. The second-order valence-corrected chi connectivity index (χ2v) is 6.48. The topological polar surface area (TPSA) is 38.3 Å². The molecule has 0 radical (unpaired) electrons. The molecule has 0 aliphatic carbocycles. The SMILES string of the molecule is CCCOc1ccc(C(=O)CC2CC3CCC(C2)N3)cc1. The van der Waals surface area contributed by atoms with E-state index in [0.29, 0.717) is 24.4 Å². The zero-order valence-corrected chi connectivity index (χ0v) is 12.8. The molecule has 1 aromatic rings. The molecule has 2 aliphatic heterocycles. The summed E-state index contributed by atoms with van der Waals surface area (Å²) in [7, 11) is 0. The maximum atomic E-state index is 12.4. The second-order valence-electron chi connectivity index (χ2n) is 6.48. The number of piperidine rings is 1. The van der Waals surface area contributed by atoms with Crippen molar-refractivity contribution >= 4 is 5.78 Å². The summed E-state index contributed by atoms with van der Waals surface area (Å²) in [5.41, 5.74) is 0.824. The predicted octanol–water partition coefficient (Wildman–Crippen LogP) is 3.58. The Morgan fingerprint density at radius 2 is 1.86 bits per heavy atom. The molecule has 21 heavy (non-hydrogen) atoms. The van der Waals surface area contributed by atoms with Crippen LogP contribution < -0.4 is 10.1 Å². The molecule has 1 N–H and O–H groups in total. The number of hydrogen-bond donors (Lipinski definition) is 1. The number of rotatable bonds is 6. The van der Waals surface area contributed by atoms with Crippen LogP contribution in [0.4, 0.5) is 0 Å². The van der Waals surface area contributed by atoms with Gasteiger partial charge in [0.1, 0.15) is 5.75 Å². The van der Waals surface area contributed by atoms with Crippen LogP contribution in [0, 0.1) is 5.92 Å². The molecule has 0 saturated carbocycles. The van der Waals surface area contributed by atoms with Crippen LogP contribution in [-0.2, 0) is 0 Å². The van der Waals surface area contributed by atoms with Gasteiger partial charge < -0.3 is 10.1 Å². The summed E-state index contributed by atoms with van der Waals surface area (Å²) in [5.74, 6) is 1.70. The van der Waals surface area contributed by atoms with Crippen molar-refractivity contribution in [2.75, 3.05) is 6.61 Å². The molecule has 2 bridgehead atoms. The van der Waals surface area contributed by atoms with Crippen LogP contribution >= 0.6 is 0 Å². The molecule has 2 atom stereocenters. The van der Waals surface area contributed by atoms with Crippen LogP contribution in [0.1, 0.15) is 55.8 Å². The highest BCUT2D eigenvalue weighted by Gasteiger charge is 2.34. The van der Waals surface area contributed by atoms with Gasteiger partial charge in [-0.05, 0) is 62.3 Å². The van der Waals surface area contributed by atoms with Gasteiger partial charge in [0.15, 0.2) is 5.78 Å². The van der Waals surface area contributed by atoms with Gasteiger partial charge in [0.05, 0.1) is 6.61 Å². The molecule has 2 unspecified atom stereocenters. The van der Waals surface area contributed by atoms with Gasteiger partial charge in [-0.1, -0.05) is 6.92 Å². The first kappa shape index (κ1) is 14.6. The lowest BCUT2D eigenvalue weighted by molar-refractivity contribution is 0.0945. The first-order valence-electron chi connectivity index (χ1n) is 8.26. The van der Waals surface area contributed by atoms with Crippen molar-refractivity contribution in [3.05, 3.63) is 29.8 Å². The van der Waals surface area contributed by atoms with Gasteiger partial charge in [0.25, 0.3) is 0 Å². The molecule has 0 amide bonds. The Labute approximate surface area is 127 Å². The summed E-state index contributed by atoms with van der Waals surface area (Å²) in [6.45, 7) is 2.81. The lowest BCUT2D eigenvalue weighted by Crippen LogP contribution is -2.38. The molecule has 2 saturated heterocycles. The number of benzene rings is 1. The fraction of sp³-hybridized carbons (Fsp3) is 0.611. The third-order valence-corrected chi connectivity index (χ3v) is 4.69. The van der Waals surface area contributed by atoms with Crippen LogP contribution in [0.5, 0.6) is 5.75 Å². The largest absolute Gasteiger partial charge is 0.494 e. The average molecular weight is 287 g/mol. The number of nitrogens with one attached hydrogen (secondary N) is 1. The fourth-order valence-electron chi connectivity index (χ4n) is 3.68. The van der Waals surface area contributed by atoms with Gasteiger partial charge in [-0.3, -0.25) is 4.79 Å². The maximum absolute atomic E-state index is 12.4. The smallest absolute Gasteiger partial charge is 0.163 e. The van der Waals surface area contributed by atoms with Crippen molar-refractivity contribution < 1.29 is 9.53 Å². The summed E-state index contributed by atoms with van der Waals surface area (Å²) in [4.78, 5) is 12.4. The highest BCUT2D eigenvalue weighted by Crippen LogP contribution is 2.33. The van der Waals surface area contributed by atoms with Crippen LogP contribution in [-0.4, -0.2) is 24.5 Å². The maximum Gasteiger partial charge on any atom is 0.163 e. The molecule has 0 aromatic heterocycles. The van der Waals surface area contributed by atoms with Crippen LogP contribution in [0.15, 0.2) is 24.3 Å². The fourth-order valence-corrected chi connectivity index (χ4v) is 3.68. The van der Waals surface area contributed by atoms with E-state index in [4.69, 9.17) is 4.74 Å². The van der Waals surface area contributed by atoms with E-state index in [2.05, 4.69) is 12.2 Å². The van der Waals surface area contributed by atoms with E-state index in [1.807, 2.05) is 24.3 Å². The Balaban J connectivity index is 1.55. The van der Waals surface area contributed by atoms with Gasteiger partial charge in [-0.25, -0.2) is 0 Å². The van der Waals surface area contributed by atoms with Crippen molar-refractivity contribution in [1.29, 1.82) is 0 Å². The van der Waals surface area contributed by atoms with Gasteiger partial charge in [0.2, 0.25) is 0 Å². The Kier molecular flexibility index (Phi) is 4.59. The molecule has 3 heteroatoms. The highest BCUT2D eigenvalue weighted by molar-refractivity contribution is 5.96. The lowest BCUT2D eigenvalue weighted by atomic mass is 9.87. The molecule has 3 nitrogen and oxygen atoms in total. The van der Waals surface area contributed by atoms with Crippen LogP contribution in [0.3, 0.4) is 0 Å². The first-order valence-corrected chi connectivity index (χ1v) is 8.26. The lowest BCUT2D eigenvalue weighted by Gasteiger charge is -2.28. The Morgan fingerprint density at radius 1 is 1.19 bits per heavy atom. The molecule has 1 aromatic carbocycles. The van der Waals surface area contributed by atoms with Gasteiger partial charge in [-0.15, -0.1) is 0 Å². The molecule has 0 spiro atoms. The predicted molar refractivity (Wildman–Crippen MR) is 83.8 cm³/mol. The minimum atomic E-state index is 0.281. The van der Waals surface area contributed by atoms with E-state index in [-0.39, 0.29) is 5.78 Å². The Morgan fingerprint density at radius 3 is 2.48 bits per heavy atom. The molecule has 2 fully saturated rings. The summed E-state index contributed by atoms with van der Waals surface area (Å²) in [6.07, 6.45) is 6.61. The average Bonchev–Trinajstić information content (AvgIpc) is 2.84. The molecule has 2 aliphatic rings. The summed E-state index contributed by atoms with van der Waals surface area (Å²) in [6, 6.07) is 8.95. The van der Waals surface area contributed by atoms with Crippen molar-refractivity contribution in [1.82, 2.24) is 5.32 Å². The van der Waals surface area contributed by atoms with Crippen LogP contribution in [0.25, 0.3) is 0 Å². The first-order chi connectivity index (χ1) is 10.2. The molecule has 2 heterocycles. The summed E-state index contributed by atoms with van der Waals surface area (Å²) >= 11 is 0. The van der Waals surface area contributed by atoms with Gasteiger partial charge in [0, 0.05) is 24.1 Å². The third-order valence-electron chi connectivity index (χ3n) is 4.69. The summed E-state index contributed by atoms with van der Waals surface area (Å²) < 4.78 is 5.56. The number of ether oxygens (including phenoxy) is 1. The van der Waals surface area contributed by atoms with E-state index in [0.717, 1.165) is 24.3 Å². The van der Waals surface area contributed by atoms with Gasteiger partial charge in [-0.2, -0.15) is 0 Å². The number of hydrogen-bond acceptors (Lipinski definition) is 3. The normalized spacial score (nSPS) is 27.6. The Hall–Kier alpha value is -1.35. The number of fused-ring (bicyclic) bond motifs is 2. The van der Waals surface area contributed by atoms with Gasteiger partial charge >= 0.3 is 0 Å². The van der Waals surface area contributed by atoms with Crippen molar-refractivity contribution in [3.63, 3.8) is 0 Å². The molecular weight excluding hydrogens is 262 g/mol. The minimum absolute atomic E-state index is 0.281. The second kappa shape index (κ2) is 6.61. The third kappa shape index (κ3) is 3.65. The van der Waals surface area contributed by atoms with E-state index in [9.17, 15) is 4.79 Å². The minimum Gasteiger partial charge on any atom is -0.494 e. The standard InChI is InChI=1S/C18H25NO2/c1-2-9-21-17-7-3-14(4-8-17)18(20)12-13-10-15-5-6-16(11-13)19-15/h3-4,7-8,13,15-16,19H,2,5-6,9-12H2,1H3. The zero-order chi connectivity index (χ0) is 14.7. The number of ketones is 1. The number of carbonyl (C=O) groups excluding carboxylic acids is 1. The number of carbonyl (C=O) groups is 1. The number of Topliss-reactive ketones (excluding diaryl/α,β-unsaturated/α-hetero) is 1. The van der Waals surface area contributed by atoms with Crippen molar-refractivity contribution in [2.45, 2.75) is 57.5 Å². The van der Waals surface area contributed by atoms with E-state index < -0.39 is 0 Å². The van der Waals surface area contributed by atoms with E-state index >= 15 is 0 Å². The van der Waals surface area contributed by atoms with E-state index in [1.54, 1.807) is 0 Å². The van der Waals surface area contributed by atoms with Crippen LogP contribution in [0.2, 0.25) is 0 Å². The molecular formula is C18H25NO2. The monoisotopic (exact) mass is 287 g/mol. The van der Waals surface area contributed by atoms with Crippen molar-refractivity contribution in [3.8, 4) is 5.75 Å². The highest BCUT2D eigenvalue weighted by atomic mass is 16.5. The van der Waals surface area contributed by atoms with E-state index in [1.165, 1.54) is 25.7 Å².